The lowest BCUT2D eigenvalue weighted by Gasteiger charge is -2.13. The highest BCUT2D eigenvalue weighted by atomic mass is 14.9. The van der Waals surface area contributed by atoms with Crippen molar-refractivity contribution in [3.63, 3.8) is 0 Å². The molecule has 0 spiro atoms. The van der Waals surface area contributed by atoms with Crippen molar-refractivity contribution in [1.29, 1.82) is 5.26 Å². The predicted molar refractivity (Wildman–Crippen MR) is 42.5 cm³/mol. The highest BCUT2D eigenvalue weighted by molar-refractivity contribution is 4.93. The van der Waals surface area contributed by atoms with Gasteiger partial charge in [-0.2, -0.15) is 5.26 Å². The van der Waals surface area contributed by atoms with E-state index in [9.17, 15) is 0 Å². The van der Waals surface area contributed by atoms with Crippen molar-refractivity contribution in [2.75, 3.05) is 0 Å². The number of hydrogen-bond donors (Lipinski definition) is 1. The Bertz CT molecular complexity index is 133. The standard InChI is InChI=1S/C8H14N2/c1-4-8(5-6-9)10-7(2)3/h4,7-8,10H,1,5H2,2-3H3. The van der Waals surface area contributed by atoms with Gasteiger partial charge < -0.3 is 5.32 Å². The van der Waals surface area contributed by atoms with E-state index in [0.29, 0.717) is 12.5 Å². The van der Waals surface area contributed by atoms with Crippen LogP contribution in [0.25, 0.3) is 0 Å². The topological polar surface area (TPSA) is 35.8 Å². The Kier molecular flexibility index (Phi) is 4.61. The molecular weight excluding hydrogens is 124 g/mol. The fraction of sp³-hybridized carbons (Fsp3) is 0.625. The molecule has 0 aromatic carbocycles. The maximum absolute atomic E-state index is 8.34. The quantitative estimate of drug-likeness (QED) is 0.597. The molecule has 0 aliphatic heterocycles. The van der Waals surface area contributed by atoms with E-state index in [1.807, 2.05) is 13.8 Å². The zero-order valence-electron chi connectivity index (χ0n) is 6.59. The first-order valence-corrected chi connectivity index (χ1v) is 3.46. The summed E-state index contributed by atoms with van der Waals surface area (Å²) in [6.07, 6.45) is 2.27. The third-order valence-corrected chi connectivity index (χ3v) is 1.14. The lowest BCUT2D eigenvalue weighted by Crippen LogP contribution is -2.32. The summed E-state index contributed by atoms with van der Waals surface area (Å²) >= 11 is 0. The lowest BCUT2D eigenvalue weighted by atomic mass is 10.2. The van der Waals surface area contributed by atoms with Gasteiger partial charge in [-0.15, -0.1) is 6.58 Å². The first kappa shape index (κ1) is 9.19. The molecule has 0 aromatic heterocycles. The van der Waals surface area contributed by atoms with Gasteiger partial charge in [0.15, 0.2) is 0 Å². The first-order valence-electron chi connectivity index (χ1n) is 3.46. The minimum Gasteiger partial charge on any atom is -0.307 e. The van der Waals surface area contributed by atoms with Crippen LogP contribution in [-0.4, -0.2) is 12.1 Å². The van der Waals surface area contributed by atoms with Gasteiger partial charge in [0.2, 0.25) is 0 Å². The molecule has 2 heteroatoms. The van der Waals surface area contributed by atoms with Crippen LogP contribution in [0.4, 0.5) is 0 Å². The maximum Gasteiger partial charge on any atom is 0.0641 e. The number of hydrogen-bond acceptors (Lipinski definition) is 2. The zero-order chi connectivity index (χ0) is 7.98. The van der Waals surface area contributed by atoms with Crippen LogP contribution in [0.1, 0.15) is 20.3 Å². The van der Waals surface area contributed by atoms with Gasteiger partial charge in [-0.05, 0) is 0 Å². The molecule has 10 heavy (non-hydrogen) atoms. The average molecular weight is 138 g/mol. The van der Waals surface area contributed by atoms with E-state index in [4.69, 9.17) is 5.26 Å². The van der Waals surface area contributed by atoms with E-state index in [2.05, 4.69) is 18.0 Å². The van der Waals surface area contributed by atoms with Gasteiger partial charge in [0.1, 0.15) is 0 Å². The fourth-order valence-electron chi connectivity index (χ4n) is 0.737. The highest BCUT2D eigenvalue weighted by Gasteiger charge is 2.02. The third-order valence-electron chi connectivity index (χ3n) is 1.14. The van der Waals surface area contributed by atoms with Gasteiger partial charge in [0, 0.05) is 12.1 Å². The molecule has 56 valence electrons. The fourth-order valence-corrected chi connectivity index (χ4v) is 0.737. The maximum atomic E-state index is 8.34. The van der Waals surface area contributed by atoms with E-state index in [-0.39, 0.29) is 6.04 Å². The van der Waals surface area contributed by atoms with Crippen LogP contribution < -0.4 is 5.32 Å². The molecule has 2 nitrogen and oxygen atoms in total. The summed E-state index contributed by atoms with van der Waals surface area (Å²) in [6.45, 7) is 7.72. The molecule has 0 amide bonds. The van der Waals surface area contributed by atoms with Crippen LogP contribution in [0.3, 0.4) is 0 Å². The summed E-state index contributed by atoms with van der Waals surface area (Å²) < 4.78 is 0. The van der Waals surface area contributed by atoms with Crippen LogP contribution in [0.2, 0.25) is 0 Å². The van der Waals surface area contributed by atoms with E-state index < -0.39 is 0 Å². The summed E-state index contributed by atoms with van der Waals surface area (Å²) in [5.41, 5.74) is 0. The number of nitrogens with one attached hydrogen (secondary N) is 1. The van der Waals surface area contributed by atoms with Crippen LogP contribution >= 0.6 is 0 Å². The Hall–Kier alpha value is -0.810. The molecule has 0 aliphatic carbocycles. The molecule has 0 bridgehead atoms. The summed E-state index contributed by atoms with van der Waals surface area (Å²) in [5, 5.41) is 11.5. The van der Waals surface area contributed by atoms with E-state index in [0.717, 1.165) is 0 Å². The van der Waals surface area contributed by atoms with Crippen LogP contribution in [0.15, 0.2) is 12.7 Å². The lowest BCUT2D eigenvalue weighted by molar-refractivity contribution is 0.529. The predicted octanol–water partition coefficient (Wildman–Crippen LogP) is 1.45. The number of nitriles is 1. The molecule has 0 saturated heterocycles. The molecule has 1 N–H and O–H groups in total. The van der Waals surface area contributed by atoms with Gasteiger partial charge in [0.25, 0.3) is 0 Å². The molecule has 0 rings (SSSR count). The molecule has 1 atom stereocenters. The van der Waals surface area contributed by atoms with Gasteiger partial charge in [-0.25, -0.2) is 0 Å². The minimum atomic E-state index is 0.144. The number of rotatable bonds is 4. The normalized spacial score (nSPS) is 12.6. The summed E-state index contributed by atoms with van der Waals surface area (Å²) in [6, 6.07) is 2.65. The van der Waals surface area contributed by atoms with Gasteiger partial charge in [-0.3, -0.25) is 0 Å². The van der Waals surface area contributed by atoms with E-state index >= 15 is 0 Å². The molecule has 0 fully saturated rings. The molecule has 1 unspecified atom stereocenters. The molecule has 0 heterocycles. The van der Waals surface area contributed by atoms with Crippen molar-refractivity contribution < 1.29 is 0 Å². The number of nitrogens with zero attached hydrogens (tertiary/aromatic N) is 1. The van der Waals surface area contributed by atoms with Crippen molar-refractivity contribution in [3.05, 3.63) is 12.7 Å². The van der Waals surface area contributed by atoms with Crippen molar-refractivity contribution in [2.24, 2.45) is 0 Å². The van der Waals surface area contributed by atoms with E-state index in [1.54, 1.807) is 6.08 Å². The van der Waals surface area contributed by atoms with Crippen molar-refractivity contribution in [3.8, 4) is 6.07 Å². The SMILES string of the molecule is C=CC(CC#N)NC(C)C. The molecule has 0 aliphatic rings. The van der Waals surface area contributed by atoms with Gasteiger partial charge in [0.05, 0.1) is 12.5 Å². The van der Waals surface area contributed by atoms with Crippen molar-refractivity contribution >= 4 is 0 Å². The Balaban J connectivity index is 3.62. The Morgan fingerprint density at radius 2 is 2.30 bits per heavy atom. The smallest absolute Gasteiger partial charge is 0.0641 e. The zero-order valence-corrected chi connectivity index (χ0v) is 6.59. The molecule has 0 radical (unpaired) electrons. The third kappa shape index (κ3) is 4.11. The monoisotopic (exact) mass is 138 g/mol. The second-order valence-electron chi connectivity index (χ2n) is 2.53. The van der Waals surface area contributed by atoms with Crippen LogP contribution in [-0.2, 0) is 0 Å². The van der Waals surface area contributed by atoms with Gasteiger partial charge >= 0.3 is 0 Å². The van der Waals surface area contributed by atoms with Gasteiger partial charge in [-0.1, -0.05) is 19.9 Å². The highest BCUT2D eigenvalue weighted by Crippen LogP contribution is 1.92. The minimum absolute atomic E-state index is 0.144. The van der Waals surface area contributed by atoms with Crippen LogP contribution in [0, 0.1) is 11.3 Å². The van der Waals surface area contributed by atoms with Crippen LogP contribution in [0.5, 0.6) is 0 Å². The Morgan fingerprint density at radius 1 is 1.70 bits per heavy atom. The van der Waals surface area contributed by atoms with Crippen molar-refractivity contribution in [2.45, 2.75) is 32.4 Å². The first-order chi connectivity index (χ1) is 4.70. The summed E-state index contributed by atoms with van der Waals surface area (Å²) in [4.78, 5) is 0. The second-order valence-corrected chi connectivity index (χ2v) is 2.53. The molecular formula is C8H14N2. The summed E-state index contributed by atoms with van der Waals surface area (Å²) in [7, 11) is 0. The Labute approximate surface area is 62.5 Å². The van der Waals surface area contributed by atoms with Crippen molar-refractivity contribution in [1.82, 2.24) is 5.32 Å². The second kappa shape index (κ2) is 5.01. The largest absolute Gasteiger partial charge is 0.307 e. The average Bonchev–Trinajstić information content (AvgIpc) is 1.86. The summed E-state index contributed by atoms with van der Waals surface area (Å²) in [5.74, 6) is 0. The molecule has 0 saturated carbocycles. The Morgan fingerprint density at radius 3 is 2.60 bits per heavy atom. The van der Waals surface area contributed by atoms with E-state index in [1.165, 1.54) is 0 Å². The molecule has 0 aromatic rings.